The molecule has 3 aliphatic heterocycles. The Labute approximate surface area is 213 Å². The van der Waals surface area contributed by atoms with Crippen LogP contribution in [0.5, 0.6) is 5.75 Å². The smallest absolute Gasteiger partial charge is 0.243 e. The summed E-state index contributed by atoms with van der Waals surface area (Å²) in [6, 6.07) is 14.1. The first-order valence-electron chi connectivity index (χ1n) is 13.2. The number of hydrogen-bond acceptors (Lipinski definition) is 7. The van der Waals surface area contributed by atoms with Gasteiger partial charge in [0.2, 0.25) is 11.8 Å². The van der Waals surface area contributed by atoms with Gasteiger partial charge in [0.1, 0.15) is 5.75 Å². The third-order valence-electron chi connectivity index (χ3n) is 7.62. The van der Waals surface area contributed by atoms with E-state index in [1.165, 1.54) is 23.2 Å². The quantitative estimate of drug-likeness (QED) is 0.317. The molecule has 3 aliphatic rings. The third-order valence-corrected chi connectivity index (χ3v) is 7.62. The molecular weight excluding hydrogens is 454 g/mol. The molecule has 8 nitrogen and oxygen atoms in total. The van der Waals surface area contributed by atoms with Gasteiger partial charge in [-0.1, -0.05) is 12.1 Å². The van der Waals surface area contributed by atoms with Gasteiger partial charge in [-0.2, -0.15) is 0 Å². The van der Waals surface area contributed by atoms with Crippen LogP contribution in [0.3, 0.4) is 0 Å². The predicted octanol–water partition coefficient (Wildman–Crippen LogP) is 2.76. The van der Waals surface area contributed by atoms with E-state index >= 15 is 0 Å². The molecule has 192 valence electrons. The molecule has 3 heterocycles. The molecule has 0 saturated carbocycles. The number of nitrogens with one attached hydrogen (secondary N) is 1. The van der Waals surface area contributed by atoms with Gasteiger partial charge in [-0.05, 0) is 68.1 Å². The van der Waals surface area contributed by atoms with E-state index in [9.17, 15) is 9.59 Å². The van der Waals surface area contributed by atoms with Crippen molar-refractivity contribution < 1.29 is 14.3 Å². The maximum Gasteiger partial charge on any atom is 0.243 e. The molecule has 8 heteroatoms. The molecule has 0 bridgehead atoms. The molecular formula is C28H37N5O3. The molecule has 3 N–H and O–H groups in total. The number of piperazine rings is 1. The predicted molar refractivity (Wildman–Crippen MR) is 141 cm³/mol. The highest BCUT2D eigenvalue weighted by Crippen LogP contribution is 2.33. The lowest BCUT2D eigenvalue weighted by atomic mass is 10.0. The van der Waals surface area contributed by atoms with Gasteiger partial charge in [0.25, 0.3) is 0 Å². The number of nitrogens with zero attached hydrogens (tertiary/aromatic N) is 3. The normalized spacial score (nSPS) is 20.9. The zero-order valence-corrected chi connectivity index (χ0v) is 21.0. The first kappa shape index (κ1) is 24.6. The van der Waals surface area contributed by atoms with E-state index in [1.807, 2.05) is 24.3 Å². The van der Waals surface area contributed by atoms with Crippen molar-refractivity contribution in [1.82, 2.24) is 15.1 Å². The average Bonchev–Trinajstić information content (AvgIpc) is 3.32. The molecule has 2 saturated heterocycles. The largest absolute Gasteiger partial charge is 0.493 e. The zero-order chi connectivity index (χ0) is 24.9. The van der Waals surface area contributed by atoms with Gasteiger partial charge in [0.05, 0.1) is 12.6 Å². The Hall–Kier alpha value is -3.10. The third kappa shape index (κ3) is 5.82. The number of anilines is 2. The Kier molecular flexibility index (Phi) is 7.72. The van der Waals surface area contributed by atoms with Gasteiger partial charge in [-0.15, -0.1) is 0 Å². The molecule has 2 amide bonds. The van der Waals surface area contributed by atoms with Crippen LogP contribution in [0.25, 0.3) is 0 Å². The van der Waals surface area contributed by atoms with Gasteiger partial charge in [-0.3, -0.25) is 24.7 Å². The summed E-state index contributed by atoms with van der Waals surface area (Å²) in [5, 5.41) is 2.48. The molecule has 0 aliphatic carbocycles. The van der Waals surface area contributed by atoms with Crippen LogP contribution in [0, 0.1) is 0 Å². The molecule has 0 aromatic heterocycles. The monoisotopic (exact) mass is 491 g/mol. The number of nitrogen functional groups attached to an aromatic ring is 1. The van der Waals surface area contributed by atoms with Crippen molar-refractivity contribution in [3.63, 3.8) is 0 Å². The van der Waals surface area contributed by atoms with Crippen molar-refractivity contribution in [1.29, 1.82) is 0 Å². The standard InChI is InChI=1S/C28H37N5O3/c29-22-7-9-23(10-8-22)32-16-14-31(15-17-32)13-2-1-3-18-36-26-6-4-5-21-19-33(20-24(21)26)25-11-12-27(34)30-28(25)35/h4-10,25H,1-3,11-20,29H2,(H,30,34,35). The molecule has 5 rings (SSSR count). The second kappa shape index (κ2) is 11.3. The van der Waals surface area contributed by atoms with Crippen molar-refractivity contribution in [2.45, 2.75) is 51.2 Å². The molecule has 1 atom stereocenters. The summed E-state index contributed by atoms with van der Waals surface area (Å²) < 4.78 is 6.18. The number of ether oxygens (including phenoxy) is 1. The summed E-state index contributed by atoms with van der Waals surface area (Å²) in [6.07, 6.45) is 4.36. The maximum atomic E-state index is 12.3. The Morgan fingerprint density at radius 2 is 1.75 bits per heavy atom. The van der Waals surface area contributed by atoms with Crippen LogP contribution in [0.1, 0.15) is 43.2 Å². The fourth-order valence-corrected chi connectivity index (χ4v) is 5.51. The molecule has 2 aromatic carbocycles. The van der Waals surface area contributed by atoms with Crippen LogP contribution >= 0.6 is 0 Å². The van der Waals surface area contributed by atoms with Crippen LogP contribution < -0.4 is 20.7 Å². The fourth-order valence-electron chi connectivity index (χ4n) is 5.51. The van der Waals surface area contributed by atoms with Crippen LogP contribution in [0.4, 0.5) is 11.4 Å². The number of fused-ring (bicyclic) bond motifs is 1. The number of amides is 2. The van der Waals surface area contributed by atoms with Crippen molar-refractivity contribution in [2.75, 3.05) is 50.0 Å². The lowest BCUT2D eigenvalue weighted by Crippen LogP contribution is -2.50. The summed E-state index contributed by atoms with van der Waals surface area (Å²) in [7, 11) is 0. The first-order chi connectivity index (χ1) is 17.6. The second-order valence-corrected chi connectivity index (χ2v) is 10.1. The van der Waals surface area contributed by atoms with E-state index in [-0.39, 0.29) is 17.9 Å². The fraction of sp³-hybridized carbons (Fsp3) is 0.500. The van der Waals surface area contributed by atoms with Crippen LogP contribution in [-0.4, -0.2) is 67.0 Å². The Morgan fingerprint density at radius 3 is 2.53 bits per heavy atom. The molecule has 2 fully saturated rings. The highest BCUT2D eigenvalue weighted by molar-refractivity contribution is 6.00. The lowest BCUT2D eigenvalue weighted by molar-refractivity contribution is -0.137. The number of carbonyl (C=O) groups excluding carboxylic acids is 2. The summed E-state index contributed by atoms with van der Waals surface area (Å²) in [5.41, 5.74) is 10.3. The molecule has 1 unspecified atom stereocenters. The number of carbonyl (C=O) groups is 2. The second-order valence-electron chi connectivity index (χ2n) is 10.1. The van der Waals surface area contributed by atoms with Crippen molar-refractivity contribution in [2.24, 2.45) is 0 Å². The van der Waals surface area contributed by atoms with E-state index < -0.39 is 0 Å². The number of hydrogen-bond donors (Lipinski definition) is 2. The molecule has 36 heavy (non-hydrogen) atoms. The van der Waals surface area contributed by atoms with Crippen molar-refractivity contribution in [3.8, 4) is 5.75 Å². The number of piperidine rings is 1. The van der Waals surface area contributed by atoms with Gasteiger partial charge in [0, 0.05) is 62.6 Å². The molecule has 2 aromatic rings. The SMILES string of the molecule is Nc1ccc(N2CCN(CCCCCOc3cccc4c3CN(C3CCC(=O)NC3=O)C4)CC2)cc1. The topological polar surface area (TPSA) is 91.1 Å². The molecule has 0 spiro atoms. The van der Waals surface area contributed by atoms with Crippen LogP contribution in [0.2, 0.25) is 0 Å². The van der Waals surface area contributed by atoms with E-state index in [4.69, 9.17) is 10.5 Å². The van der Waals surface area contributed by atoms with Gasteiger partial charge >= 0.3 is 0 Å². The average molecular weight is 492 g/mol. The van der Waals surface area contributed by atoms with Crippen LogP contribution in [0.15, 0.2) is 42.5 Å². The highest BCUT2D eigenvalue weighted by atomic mass is 16.5. The minimum atomic E-state index is -0.240. The van der Waals surface area contributed by atoms with E-state index in [1.54, 1.807) is 0 Å². The van der Waals surface area contributed by atoms with Crippen molar-refractivity contribution in [3.05, 3.63) is 53.6 Å². The van der Waals surface area contributed by atoms with Crippen molar-refractivity contribution >= 4 is 23.2 Å². The Morgan fingerprint density at radius 1 is 0.944 bits per heavy atom. The minimum Gasteiger partial charge on any atom is -0.493 e. The van der Waals surface area contributed by atoms with Gasteiger partial charge in [-0.25, -0.2) is 0 Å². The zero-order valence-electron chi connectivity index (χ0n) is 21.0. The number of nitrogens with two attached hydrogens (primary N) is 1. The van der Waals surface area contributed by atoms with E-state index in [0.717, 1.165) is 63.5 Å². The highest BCUT2D eigenvalue weighted by Gasteiger charge is 2.35. The number of unbranched alkanes of at least 4 members (excludes halogenated alkanes) is 2. The summed E-state index contributed by atoms with van der Waals surface area (Å²) in [4.78, 5) is 30.9. The Bertz CT molecular complexity index is 1070. The van der Waals surface area contributed by atoms with Gasteiger partial charge in [0.15, 0.2) is 0 Å². The first-order valence-corrected chi connectivity index (χ1v) is 13.2. The molecule has 0 radical (unpaired) electrons. The number of benzene rings is 2. The van der Waals surface area contributed by atoms with Gasteiger partial charge < -0.3 is 15.4 Å². The summed E-state index contributed by atoms with van der Waals surface area (Å²) in [5.74, 6) is 0.590. The Balaban J connectivity index is 1.00. The summed E-state index contributed by atoms with van der Waals surface area (Å²) >= 11 is 0. The number of rotatable bonds is 9. The van der Waals surface area contributed by atoms with E-state index in [0.29, 0.717) is 26.0 Å². The summed E-state index contributed by atoms with van der Waals surface area (Å²) in [6.45, 7) is 7.58. The van der Waals surface area contributed by atoms with E-state index in [2.05, 4.69) is 38.2 Å². The number of imide groups is 1. The van der Waals surface area contributed by atoms with Crippen LogP contribution in [-0.2, 0) is 22.7 Å². The lowest BCUT2D eigenvalue weighted by Gasteiger charge is -2.36. The minimum absolute atomic E-state index is 0.169. The maximum absolute atomic E-state index is 12.3.